The Morgan fingerprint density at radius 1 is 1.17 bits per heavy atom. The van der Waals surface area contributed by atoms with Crippen molar-refractivity contribution in [1.29, 1.82) is 0 Å². The van der Waals surface area contributed by atoms with Crippen LogP contribution in [0.1, 0.15) is 25.7 Å². The molecule has 2 aliphatic heterocycles. The zero-order valence-electron chi connectivity index (χ0n) is 17.2. The lowest BCUT2D eigenvalue weighted by Crippen LogP contribution is -2.51. The summed E-state index contributed by atoms with van der Waals surface area (Å²) in [6.07, 6.45) is 6.18. The second-order valence-corrected chi connectivity index (χ2v) is 8.05. The number of aromatic nitrogens is 2. The number of piperidine rings is 2. The number of carbonyl (C=O) groups is 1. The first-order valence-corrected chi connectivity index (χ1v) is 10.7. The van der Waals surface area contributed by atoms with Crippen LogP contribution in [0.4, 0.5) is 5.82 Å². The number of likely N-dealkylation sites (tertiary alicyclic amines) is 1. The molecule has 2 aliphatic rings. The van der Waals surface area contributed by atoms with Crippen molar-refractivity contribution in [3.8, 4) is 0 Å². The van der Waals surface area contributed by atoms with E-state index in [1.807, 2.05) is 30.5 Å². The van der Waals surface area contributed by atoms with Crippen LogP contribution in [0.3, 0.4) is 0 Å². The summed E-state index contributed by atoms with van der Waals surface area (Å²) in [5, 5.41) is 3.01. The molecule has 29 heavy (non-hydrogen) atoms. The van der Waals surface area contributed by atoms with Gasteiger partial charge in [0.1, 0.15) is 5.82 Å². The van der Waals surface area contributed by atoms with E-state index in [-0.39, 0.29) is 11.8 Å². The van der Waals surface area contributed by atoms with Gasteiger partial charge in [0, 0.05) is 39.3 Å². The van der Waals surface area contributed by atoms with Gasteiger partial charge in [0.25, 0.3) is 0 Å². The third-order valence-corrected chi connectivity index (χ3v) is 6.17. The van der Waals surface area contributed by atoms with Gasteiger partial charge in [0.05, 0.1) is 29.8 Å². The fourth-order valence-electron chi connectivity index (χ4n) is 4.53. The Hall–Kier alpha value is -2.25. The van der Waals surface area contributed by atoms with Crippen molar-refractivity contribution in [3.05, 3.63) is 30.5 Å². The van der Waals surface area contributed by atoms with Gasteiger partial charge in [0.2, 0.25) is 5.91 Å². The number of benzene rings is 1. The van der Waals surface area contributed by atoms with E-state index in [2.05, 4.69) is 20.1 Å². The molecule has 4 rings (SSSR count). The third kappa shape index (κ3) is 4.85. The number of hydrogen-bond donors (Lipinski definition) is 1. The minimum atomic E-state index is 0.102. The SMILES string of the molecule is COCCNC(=O)C1CCCN(C2CCN(c3cnc4ccccc4n3)CC2)C1. The van der Waals surface area contributed by atoms with Crippen LogP contribution < -0.4 is 10.2 Å². The van der Waals surface area contributed by atoms with E-state index in [1.165, 1.54) is 0 Å². The van der Waals surface area contributed by atoms with Crippen molar-refractivity contribution >= 4 is 22.8 Å². The number of fused-ring (bicyclic) bond motifs is 1. The van der Waals surface area contributed by atoms with Crippen LogP contribution in [0.15, 0.2) is 30.5 Å². The van der Waals surface area contributed by atoms with Gasteiger partial charge in [0.15, 0.2) is 0 Å². The van der Waals surface area contributed by atoms with Crippen LogP contribution in [0, 0.1) is 5.92 Å². The van der Waals surface area contributed by atoms with Crippen molar-refractivity contribution in [3.63, 3.8) is 0 Å². The van der Waals surface area contributed by atoms with Crippen molar-refractivity contribution < 1.29 is 9.53 Å². The minimum absolute atomic E-state index is 0.102. The van der Waals surface area contributed by atoms with E-state index < -0.39 is 0 Å². The van der Waals surface area contributed by atoms with Crippen molar-refractivity contribution in [2.45, 2.75) is 31.7 Å². The molecule has 3 heterocycles. The zero-order chi connectivity index (χ0) is 20.1. The Balaban J connectivity index is 1.31. The Labute approximate surface area is 172 Å². The topological polar surface area (TPSA) is 70.6 Å². The van der Waals surface area contributed by atoms with Gasteiger partial charge in [-0.1, -0.05) is 12.1 Å². The van der Waals surface area contributed by atoms with Crippen LogP contribution in [-0.2, 0) is 9.53 Å². The van der Waals surface area contributed by atoms with Gasteiger partial charge in [-0.2, -0.15) is 0 Å². The molecular formula is C22H31N5O2. The molecule has 0 bridgehead atoms. The maximum Gasteiger partial charge on any atom is 0.224 e. The molecule has 0 spiro atoms. The van der Waals surface area contributed by atoms with Crippen LogP contribution in [-0.4, -0.2) is 73.3 Å². The quantitative estimate of drug-likeness (QED) is 0.753. The van der Waals surface area contributed by atoms with Crippen molar-refractivity contribution in [2.24, 2.45) is 5.92 Å². The second kappa shape index (κ2) is 9.50. The molecule has 1 amide bonds. The van der Waals surface area contributed by atoms with E-state index in [0.29, 0.717) is 19.2 Å². The van der Waals surface area contributed by atoms with E-state index in [1.54, 1.807) is 7.11 Å². The summed E-state index contributed by atoms with van der Waals surface area (Å²) in [5.41, 5.74) is 1.89. The standard InChI is InChI=1S/C22H31N5O2/c1-29-14-10-23-22(28)17-5-4-11-27(16-17)18-8-12-26(13-9-18)21-15-24-19-6-2-3-7-20(19)25-21/h2-3,6-7,15,17-18H,4-5,8-14,16H2,1H3,(H,23,28). The summed E-state index contributed by atoms with van der Waals surface area (Å²) in [5.74, 6) is 1.25. The molecule has 1 unspecified atom stereocenters. The lowest BCUT2D eigenvalue weighted by molar-refractivity contribution is -0.127. The molecule has 1 aromatic carbocycles. The summed E-state index contributed by atoms with van der Waals surface area (Å²) < 4.78 is 5.03. The lowest BCUT2D eigenvalue weighted by Gasteiger charge is -2.42. The largest absolute Gasteiger partial charge is 0.383 e. The normalized spacial score (nSPS) is 21.4. The average molecular weight is 398 g/mol. The fraction of sp³-hybridized carbons (Fsp3) is 0.591. The van der Waals surface area contributed by atoms with Gasteiger partial charge in [-0.3, -0.25) is 14.7 Å². The van der Waals surface area contributed by atoms with Crippen LogP contribution in [0.25, 0.3) is 11.0 Å². The first-order valence-electron chi connectivity index (χ1n) is 10.7. The average Bonchev–Trinajstić information content (AvgIpc) is 2.79. The molecule has 2 saturated heterocycles. The highest BCUT2D eigenvalue weighted by atomic mass is 16.5. The number of methoxy groups -OCH3 is 1. The molecular weight excluding hydrogens is 366 g/mol. The van der Waals surface area contributed by atoms with Crippen LogP contribution in [0.2, 0.25) is 0 Å². The Morgan fingerprint density at radius 2 is 1.97 bits per heavy atom. The number of ether oxygens (including phenoxy) is 1. The number of hydrogen-bond acceptors (Lipinski definition) is 6. The summed E-state index contributed by atoms with van der Waals surface area (Å²) in [6.45, 7) is 5.11. The molecule has 2 aromatic rings. The van der Waals surface area contributed by atoms with E-state index in [0.717, 1.165) is 68.7 Å². The Kier molecular flexibility index (Phi) is 6.56. The van der Waals surface area contributed by atoms with Crippen LogP contribution in [0.5, 0.6) is 0 Å². The first-order chi connectivity index (χ1) is 14.2. The summed E-state index contributed by atoms with van der Waals surface area (Å²) in [6, 6.07) is 8.56. The second-order valence-electron chi connectivity index (χ2n) is 8.05. The minimum Gasteiger partial charge on any atom is -0.383 e. The van der Waals surface area contributed by atoms with Gasteiger partial charge >= 0.3 is 0 Å². The number of para-hydroxylation sites is 2. The lowest BCUT2D eigenvalue weighted by atomic mass is 9.93. The van der Waals surface area contributed by atoms with E-state index >= 15 is 0 Å². The highest BCUT2D eigenvalue weighted by Crippen LogP contribution is 2.26. The molecule has 1 atom stereocenters. The molecule has 2 fully saturated rings. The zero-order valence-corrected chi connectivity index (χ0v) is 17.2. The number of nitrogens with one attached hydrogen (secondary N) is 1. The molecule has 0 saturated carbocycles. The van der Waals surface area contributed by atoms with Gasteiger partial charge in [-0.25, -0.2) is 4.98 Å². The highest BCUT2D eigenvalue weighted by Gasteiger charge is 2.31. The molecule has 7 nitrogen and oxygen atoms in total. The molecule has 1 aromatic heterocycles. The summed E-state index contributed by atoms with van der Waals surface area (Å²) in [4.78, 5) is 26.7. The van der Waals surface area contributed by atoms with Gasteiger partial charge in [-0.05, 0) is 44.4 Å². The number of nitrogens with zero attached hydrogens (tertiary/aromatic N) is 4. The van der Waals surface area contributed by atoms with Crippen molar-refractivity contribution in [1.82, 2.24) is 20.2 Å². The highest BCUT2D eigenvalue weighted by molar-refractivity contribution is 5.79. The Bertz CT molecular complexity index is 822. The van der Waals surface area contributed by atoms with E-state index in [4.69, 9.17) is 9.72 Å². The van der Waals surface area contributed by atoms with E-state index in [9.17, 15) is 4.79 Å². The van der Waals surface area contributed by atoms with Gasteiger partial charge in [-0.15, -0.1) is 0 Å². The maximum absolute atomic E-state index is 12.4. The predicted octanol–water partition coefficient (Wildman–Crippen LogP) is 2.07. The Morgan fingerprint density at radius 3 is 2.76 bits per heavy atom. The molecule has 156 valence electrons. The summed E-state index contributed by atoms with van der Waals surface area (Å²) in [7, 11) is 1.66. The molecule has 0 radical (unpaired) electrons. The third-order valence-electron chi connectivity index (χ3n) is 6.17. The van der Waals surface area contributed by atoms with Crippen molar-refractivity contribution in [2.75, 3.05) is 51.3 Å². The molecule has 0 aliphatic carbocycles. The number of rotatable bonds is 6. The molecule has 1 N–H and O–H groups in total. The summed E-state index contributed by atoms with van der Waals surface area (Å²) >= 11 is 0. The first kappa shape index (κ1) is 20.0. The van der Waals surface area contributed by atoms with Gasteiger partial charge < -0.3 is 15.0 Å². The number of anilines is 1. The maximum atomic E-state index is 12.4. The molecule has 7 heteroatoms. The van der Waals surface area contributed by atoms with Crippen LogP contribution >= 0.6 is 0 Å². The predicted molar refractivity (Wildman–Crippen MR) is 114 cm³/mol. The number of carbonyl (C=O) groups excluding carboxylic acids is 1. The smallest absolute Gasteiger partial charge is 0.224 e. The monoisotopic (exact) mass is 397 g/mol. The fourth-order valence-corrected chi connectivity index (χ4v) is 4.53. The number of amides is 1.